The van der Waals surface area contributed by atoms with Gasteiger partial charge in [-0.2, -0.15) is 4.31 Å². The van der Waals surface area contributed by atoms with Crippen molar-refractivity contribution in [3.05, 3.63) is 41.3 Å². The highest BCUT2D eigenvalue weighted by atomic mass is 32.2. The molecule has 1 aliphatic rings. The van der Waals surface area contributed by atoms with Crippen LogP contribution in [0.5, 0.6) is 0 Å². The zero-order valence-corrected chi connectivity index (χ0v) is 16.8. The van der Waals surface area contributed by atoms with Crippen LogP contribution in [0.3, 0.4) is 0 Å². The lowest BCUT2D eigenvalue weighted by atomic mass is 10.1. The minimum absolute atomic E-state index is 0.0000954. The first kappa shape index (κ1) is 19.6. The van der Waals surface area contributed by atoms with Gasteiger partial charge in [-0.05, 0) is 44.7 Å². The van der Waals surface area contributed by atoms with Gasteiger partial charge in [-0.1, -0.05) is 24.1 Å². The fraction of sp³-hybridized carbons (Fsp3) is 0.474. The Balaban J connectivity index is 1.70. The Kier molecular flexibility index (Phi) is 5.67. The molecule has 0 spiro atoms. The van der Waals surface area contributed by atoms with E-state index in [9.17, 15) is 13.2 Å². The van der Waals surface area contributed by atoms with Gasteiger partial charge in [-0.3, -0.25) is 4.79 Å². The summed E-state index contributed by atoms with van der Waals surface area (Å²) in [6.45, 7) is 6.99. The number of carbonyl (C=O) groups excluding carboxylic acids is 1. The molecule has 8 heteroatoms. The molecule has 0 atom stereocenters. The highest BCUT2D eigenvalue weighted by Crippen LogP contribution is 2.22. The molecule has 1 fully saturated rings. The molecule has 1 amide bonds. The number of rotatable bonds is 5. The Hall–Kier alpha value is -2.19. The van der Waals surface area contributed by atoms with Gasteiger partial charge in [-0.15, -0.1) is 0 Å². The third-order valence-corrected chi connectivity index (χ3v) is 6.58. The lowest BCUT2D eigenvalue weighted by molar-refractivity contribution is -0.116. The number of aromatic nitrogens is 2. The Morgan fingerprint density at radius 1 is 1.11 bits per heavy atom. The number of hydrogen-bond acceptors (Lipinski definition) is 4. The molecule has 2 aromatic rings. The van der Waals surface area contributed by atoms with E-state index in [0.29, 0.717) is 13.1 Å². The monoisotopic (exact) mass is 390 g/mol. The number of hydrogen-bond donors (Lipinski definition) is 1. The van der Waals surface area contributed by atoms with Crippen LogP contribution in [0, 0.1) is 20.8 Å². The second-order valence-electron chi connectivity index (χ2n) is 7.17. The zero-order chi connectivity index (χ0) is 19.6. The lowest BCUT2D eigenvalue weighted by Gasteiger charge is -2.24. The van der Waals surface area contributed by atoms with Crippen LogP contribution >= 0.6 is 0 Å². The maximum absolute atomic E-state index is 12.6. The van der Waals surface area contributed by atoms with E-state index >= 15 is 0 Å². The minimum Gasteiger partial charge on any atom is -0.327 e. The number of imidazole rings is 1. The molecular weight excluding hydrogens is 364 g/mol. The Morgan fingerprint density at radius 2 is 1.74 bits per heavy atom. The summed E-state index contributed by atoms with van der Waals surface area (Å²) in [7, 11) is -3.58. The van der Waals surface area contributed by atoms with E-state index in [4.69, 9.17) is 0 Å². The van der Waals surface area contributed by atoms with Crippen molar-refractivity contribution in [3.8, 4) is 0 Å². The van der Waals surface area contributed by atoms with E-state index in [1.165, 1.54) is 21.4 Å². The topological polar surface area (TPSA) is 84.3 Å². The van der Waals surface area contributed by atoms with Gasteiger partial charge in [0, 0.05) is 25.0 Å². The number of benzene rings is 1. The molecule has 1 aromatic heterocycles. The first-order valence-corrected chi connectivity index (χ1v) is 10.6. The van der Waals surface area contributed by atoms with E-state index < -0.39 is 10.0 Å². The SMILES string of the molecule is Cc1cc(C)c(NC(=O)Cn2cnc(S(=O)(=O)N3CCCCC3)c2)c(C)c1. The number of piperidine rings is 1. The molecule has 0 unspecified atom stereocenters. The largest absolute Gasteiger partial charge is 0.327 e. The number of anilines is 1. The van der Waals surface area contributed by atoms with E-state index in [1.54, 1.807) is 0 Å². The minimum atomic E-state index is -3.58. The van der Waals surface area contributed by atoms with E-state index in [-0.39, 0.29) is 17.5 Å². The molecule has 0 bridgehead atoms. The molecule has 1 aliphatic heterocycles. The van der Waals surface area contributed by atoms with Crippen molar-refractivity contribution in [3.63, 3.8) is 0 Å². The quantitative estimate of drug-likeness (QED) is 0.851. The van der Waals surface area contributed by atoms with Crippen LogP contribution in [-0.4, -0.2) is 41.3 Å². The summed E-state index contributed by atoms with van der Waals surface area (Å²) in [5.74, 6) is -0.218. The predicted octanol–water partition coefficient (Wildman–Crippen LogP) is 2.62. The maximum atomic E-state index is 12.6. The number of nitrogens with one attached hydrogen (secondary N) is 1. The molecule has 3 rings (SSSR count). The van der Waals surface area contributed by atoms with Gasteiger partial charge in [0.15, 0.2) is 5.03 Å². The average molecular weight is 391 g/mol. The van der Waals surface area contributed by atoms with Gasteiger partial charge in [0.1, 0.15) is 6.54 Å². The molecule has 146 valence electrons. The van der Waals surface area contributed by atoms with Crippen LogP contribution in [0.4, 0.5) is 5.69 Å². The van der Waals surface area contributed by atoms with Crippen molar-refractivity contribution >= 4 is 21.6 Å². The van der Waals surface area contributed by atoms with Crippen molar-refractivity contribution in [1.29, 1.82) is 0 Å². The zero-order valence-electron chi connectivity index (χ0n) is 16.0. The molecule has 1 aromatic carbocycles. The lowest BCUT2D eigenvalue weighted by Crippen LogP contribution is -2.35. The number of nitrogens with zero attached hydrogens (tertiary/aromatic N) is 3. The normalized spacial score (nSPS) is 15.7. The number of sulfonamides is 1. The Morgan fingerprint density at radius 3 is 2.37 bits per heavy atom. The average Bonchev–Trinajstić information content (AvgIpc) is 3.08. The van der Waals surface area contributed by atoms with Crippen molar-refractivity contribution in [1.82, 2.24) is 13.9 Å². The van der Waals surface area contributed by atoms with Gasteiger partial charge in [0.05, 0.1) is 6.33 Å². The number of carbonyl (C=O) groups is 1. The van der Waals surface area contributed by atoms with Crippen molar-refractivity contribution in [2.24, 2.45) is 0 Å². The summed E-state index contributed by atoms with van der Waals surface area (Å²) in [4.78, 5) is 16.4. The number of aryl methyl sites for hydroxylation is 3. The summed E-state index contributed by atoms with van der Waals surface area (Å²) >= 11 is 0. The summed E-state index contributed by atoms with van der Waals surface area (Å²) in [6.07, 6.45) is 5.62. The Labute approximate surface area is 160 Å². The third kappa shape index (κ3) is 4.39. The number of amides is 1. The fourth-order valence-electron chi connectivity index (χ4n) is 3.52. The van der Waals surface area contributed by atoms with Crippen LogP contribution in [0.2, 0.25) is 0 Å². The molecule has 0 radical (unpaired) electrons. The molecule has 1 saturated heterocycles. The Bertz CT molecular complexity index is 921. The molecule has 1 N–H and O–H groups in total. The standard InChI is InChI=1S/C19H26N4O3S/c1-14-9-15(2)19(16(3)10-14)21-17(24)11-22-12-18(20-13-22)27(25,26)23-7-5-4-6-8-23/h9-10,12-13H,4-8,11H2,1-3H3,(H,21,24). The van der Waals surface area contributed by atoms with Crippen LogP contribution in [0.15, 0.2) is 29.7 Å². The highest BCUT2D eigenvalue weighted by Gasteiger charge is 2.28. The molecule has 2 heterocycles. The van der Waals surface area contributed by atoms with E-state index in [1.807, 2.05) is 32.9 Å². The predicted molar refractivity (Wildman–Crippen MR) is 104 cm³/mol. The fourth-order valence-corrected chi connectivity index (χ4v) is 4.97. The second kappa shape index (κ2) is 7.82. The summed E-state index contributed by atoms with van der Waals surface area (Å²) in [5, 5.41) is 2.92. The van der Waals surface area contributed by atoms with Gasteiger partial charge in [0.2, 0.25) is 5.91 Å². The first-order valence-electron chi connectivity index (χ1n) is 9.17. The van der Waals surface area contributed by atoms with Crippen LogP contribution < -0.4 is 5.32 Å². The van der Waals surface area contributed by atoms with Crippen LogP contribution in [0.1, 0.15) is 36.0 Å². The molecule has 0 aliphatic carbocycles. The third-order valence-electron chi connectivity index (χ3n) is 4.80. The smallest absolute Gasteiger partial charge is 0.262 e. The first-order chi connectivity index (χ1) is 12.8. The van der Waals surface area contributed by atoms with Crippen LogP contribution in [0.25, 0.3) is 0 Å². The molecular formula is C19H26N4O3S. The van der Waals surface area contributed by atoms with Crippen LogP contribution in [-0.2, 0) is 21.4 Å². The molecule has 7 nitrogen and oxygen atoms in total. The summed E-state index contributed by atoms with van der Waals surface area (Å²) < 4.78 is 28.3. The second-order valence-corrected chi connectivity index (χ2v) is 9.06. The molecule has 27 heavy (non-hydrogen) atoms. The van der Waals surface area contributed by atoms with Crippen molar-refractivity contribution < 1.29 is 13.2 Å². The van der Waals surface area contributed by atoms with Gasteiger partial charge in [0.25, 0.3) is 10.0 Å². The van der Waals surface area contributed by atoms with Gasteiger partial charge >= 0.3 is 0 Å². The molecule has 0 saturated carbocycles. The van der Waals surface area contributed by atoms with E-state index in [0.717, 1.165) is 41.6 Å². The highest BCUT2D eigenvalue weighted by molar-refractivity contribution is 7.89. The summed E-state index contributed by atoms with van der Waals surface area (Å²) in [6, 6.07) is 4.03. The van der Waals surface area contributed by atoms with Gasteiger partial charge in [-0.25, -0.2) is 13.4 Å². The van der Waals surface area contributed by atoms with Crippen molar-refractivity contribution in [2.45, 2.75) is 51.6 Å². The maximum Gasteiger partial charge on any atom is 0.262 e. The van der Waals surface area contributed by atoms with Gasteiger partial charge < -0.3 is 9.88 Å². The van der Waals surface area contributed by atoms with E-state index in [2.05, 4.69) is 10.3 Å². The van der Waals surface area contributed by atoms with Crippen molar-refractivity contribution in [2.75, 3.05) is 18.4 Å². The summed E-state index contributed by atoms with van der Waals surface area (Å²) in [5.41, 5.74) is 3.94.